The fourth-order valence-corrected chi connectivity index (χ4v) is 8.09. The van der Waals surface area contributed by atoms with Crippen LogP contribution in [0.3, 0.4) is 0 Å². The van der Waals surface area contributed by atoms with E-state index < -0.39 is 0 Å². The van der Waals surface area contributed by atoms with Gasteiger partial charge in [-0.3, -0.25) is 9.59 Å². The van der Waals surface area contributed by atoms with Crippen LogP contribution in [0.15, 0.2) is 11.3 Å². The number of unbranched alkanes of at least 4 members (excludes halogenated alkanes) is 4. The van der Waals surface area contributed by atoms with E-state index in [9.17, 15) is 9.59 Å². The minimum Gasteiger partial charge on any atom is -0.462 e. The molecule has 0 amide bonds. The molecule has 3 aliphatic carbocycles. The van der Waals surface area contributed by atoms with Crippen molar-refractivity contribution < 1.29 is 28.5 Å². The van der Waals surface area contributed by atoms with Crippen LogP contribution in [0, 0.1) is 28.6 Å². The number of carbonyl (C=O) groups excluding carboxylic acids is 2. The molecule has 4 aliphatic rings. The molecule has 1 heterocycles. The lowest BCUT2D eigenvalue weighted by Gasteiger charge is -2.53. The Kier molecular flexibility index (Phi) is 8.87. The van der Waals surface area contributed by atoms with Gasteiger partial charge in [0.15, 0.2) is 0 Å². The zero-order valence-electron chi connectivity index (χ0n) is 23.2. The van der Waals surface area contributed by atoms with Crippen molar-refractivity contribution in [3.63, 3.8) is 0 Å². The van der Waals surface area contributed by atoms with Crippen LogP contribution in [0.5, 0.6) is 0 Å². The number of hydrogen-bond acceptors (Lipinski definition) is 6. The molecule has 0 unspecified atom stereocenters. The monoisotopic (exact) mass is 504 g/mol. The molecule has 1 aliphatic heterocycles. The molecule has 0 N–H and O–H groups in total. The molecule has 0 aromatic heterocycles. The highest BCUT2D eigenvalue weighted by Crippen LogP contribution is 2.64. The minimum atomic E-state index is -0.178. The van der Waals surface area contributed by atoms with E-state index in [4.69, 9.17) is 18.9 Å². The quantitative estimate of drug-likeness (QED) is 0.177. The highest BCUT2D eigenvalue weighted by atomic mass is 16.7. The van der Waals surface area contributed by atoms with Crippen LogP contribution in [0.25, 0.3) is 0 Å². The van der Waals surface area contributed by atoms with Crippen molar-refractivity contribution in [2.24, 2.45) is 28.6 Å². The van der Waals surface area contributed by atoms with Crippen LogP contribution in [-0.4, -0.2) is 38.0 Å². The maximum absolute atomic E-state index is 13.4. The number of fused-ring (bicyclic) bond motifs is 4. The molecule has 36 heavy (non-hydrogen) atoms. The molecule has 0 aromatic rings. The van der Waals surface area contributed by atoms with E-state index in [0.29, 0.717) is 12.3 Å². The Morgan fingerprint density at radius 3 is 2.58 bits per heavy atom. The molecule has 0 radical (unpaired) electrons. The zero-order valence-corrected chi connectivity index (χ0v) is 23.2. The number of esters is 2. The van der Waals surface area contributed by atoms with Crippen molar-refractivity contribution in [2.45, 2.75) is 123 Å². The predicted molar refractivity (Wildman–Crippen MR) is 138 cm³/mol. The van der Waals surface area contributed by atoms with Crippen LogP contribution in [0.2, 0.25) is 0 Å². The number of rotatable bonds is 11. The van der Waals surface area contributed by atoms with Crippen molar-refractivity contribution >= 4 is 11.9 Å². The van der Waals surface area contributed by atoms with Gasteiger partial charge in [-0.15, -0.1) is 0 Å². The summed E-state index contributed by atoms with van der Waals surface area (Å²) in [6.07, 6.45) is 13.6. The standard InChI is InChI=1S/C30H48O6/c1-6-7-8-9-10-11-26(35-20(2)31)22-12-13-23-27-24(15-17-29(22,23)3)30(4)16-14-21(34-19-33-5)18-25(30)28(32)36-27/h21-23,25-26H,6-19H2,1-5H3/t21-,22-,23-,25+,26+,29+,30+/m0/s1. The second-order valence-electron chi connectivity index (χ2n) is 12.3. The van der Waals surface area contributed by atoms with Crippen molar-refractivity contribution in [3.8, 4) is 0 Å². The summed E-state index contributed by atoms with van der Waals surface area (Å²) in [6, 6.07) is 0. The lowest BCUT2D eigenvalue weighted by molar-refractivity contribution is -0.165. The van der Waals surface area contributed by atoms with Crippen LogP contribution in [-0.2, 0) is 28.5 Å². The predicted octanol–water partition coefficient (Wildman–Crippen LogP) is 6.71. The van der Waals surface area contributed by atoms with E-state index in [1.165, 1.54) is 38.2 Å². The third-order valence-corrected chi connectivity index (χ3v) is 10.2. The molecule has 204 valence electrons. The third kappa shape index (κ3) is 5.27. The summed E-state index contributed by atoms with van der Waals surface area (Å²) in [5.41, 5.74) is 1.22. The van der Waals surface area contributed by atoms with E-state index in [0.717, 1.165) is 57.1 Å². The second kappa shape index (κ2) is 11.6. The molecule has 6 heteroatoms. The van der Waals surface area contributed by atoms with Gasteiger partial charge in [0.2, 0.25) is 0 Å². The number of allylic oxidation sites excluding steroid dienone is 2. The van der Waals surface area contributed by atoms with E-state index in [-0.39, 0.29) is 53.6 Å². The fraction of sp³-hybridized carbons (Fsp3) is 0.867. The smallest absolute Gasteiger partial charge is 0.315 e. The Balaban J connectivity index is 1.52. The summed E-state index contributed by atoms with van der Waals surface area (Å²) in [5, 5.41) is 0. The molecule has 0 aromatic carbocycles. The van der Waals surface area contributed by atoms with Crippen LogP contribution >= 0.6 is 0 Å². The van der Waals surface area contributed by atoms with E-state index in [2.05, 4.69) is 20.8 Å². The Morgan fingerprint density at radius 2 is 1.86 bits per heavy atom. The van der Waals surface area contributed by atoms with Gasteiger partial charge in [-0.2, -0.15) is 0 Å². The Morgan fingerprint density at radius 1 is 1.08 bits per heavy atom. The van der Waals surface area contributed by atoms with Gasteiger partial charge in [0, 0.05) is 31.3 Å². The van der Waals surface area contributed by atoms with Crippen LogP contribution in [0.4, 0.5) is 0 Å². The minimum absolute atomic E-state index is 0.00930. The molecule has 0 bridgehead atoms. The molecular weight excluding hydrogens is 456 g/mol. The highest BCUT2D eigenvalue weighted by Gasteiger charge is 2.60. The fourth-order valence-electron chi connectivity index (χ4n) is 8.09. The molecule has 0 saturated heterocycles. The largest absolute Gasteiger partial charge is 0.462 e. The first-order valence-electron chi connectivity index (χ1n) is 14.5. The number of hydrogen-bond donors (Lipinski definition) is 0. The lowest BCUT2D eigenvalue weighted by atomic mass is 9.55. The van der Waals surface area contributed by atoms with Crippen molar-refractivity contribution in [1.82, 2.24) is 0 Å². The molecule has 6 nitrogen and oxygen atoms in total. The van der Waals surface area contributed by atoms with E-state index >= 15 is 0 Å². The highest BCUT2D eigenvalue weighted by molar-refractivity contribution is 5.77. The van der Waals surface area contributed by atoms with Crippen molar-refractivity contribution in [2.75, 3.05) is 13.9 Å². The summed E-state index contributed by atoms with van der Waals surface area (Å²) < 4.78 is 23.1. The van der Waals surface area contributed by atoms with Crippen molar-refractivity contribution in [1.29, 1.82) is 0 Å². The first-order chi connectivity index (χ1) is 17.2. The molecule has 0 spiro atoms. The summed E-state index contributed by atoms with van der Waals surface area (Å²) in [4.78, 5) is 25.4. The molecule has 2 fully saturated rings. The molecule has 4 rings (SSSR count). The summed E-state index contributed by atoms with van der Waals surface area (Å²) in [6.45, 7) is 8.68. The zero-order chi connectivity index (χ0) is 25.9. The van der Waals surface area contributed by atoms with E-state index in [1.807, 2.05) is 0 Å². The third-order valence-electron chi connectivity index (χ3n) is 10.2. The van der Waals surface area contributed by atoms with Crippen LogP contribution in [0.1, 0.15) is 111 Å². The lowest BCUT2D eigenvalue weighted by Crippen LogP contribution is -2.50. The Bertz CT molecular complexity index is 835. The average molecular weight is 505 g/mol. The number of ether oxygens (including phenoxy) is 4. The van der Waals surface area contributed by atoms with Gasteiger partial charge in [0.05, 0.1) is 12.0 Å². The van der Waals surface area contributed by atoms with Gasteiger partial charge in [-0.05, 0) is 68.8 Å². The van der Waals surface area contributed by atoms with Crippen molar-refractivity contribution in [3.05, 3.63) is 11.3 Å². The van der Waals surface area contributed by atoms with Gasteiger partial charge in [0.1, 0.15) is 18.7 Å². The normalized spacial score (nSPS) is 36.5. The Hall–Kier alpha value is -1.40. The first-order valence-corrected chi connectivity index (χ1v) is 14.5. The average Bonchev–Trinajstić information content (AvgIpc) is 3.19. The SMILES string of the molecule is CCCCCCC[C@@H](OC(C)=O)[C@@H]1CC[C@H]2C3=C(CC[C@@]21C)[C@@]1(C)CC[C@H](OCOC)C[C@@H]1C(=O)O3. The number of methoxy groups -OCH3 is 1. The van der Waals surface area contributed by atoms with Crippen LogP contribution < -0.4 is 0 Å². The van der Waals surface area contributed by atoms with Gasteiger partial charge in [-0.1, -0.05) is 46.5 Å². The topological polar surface area (TPSA) is 71.1 Å². The van der Waals surface area contributed by atoms with E-state index in [1.54, 1.807) is 7.11 Å². The van der Waals surface area contributed by atoms with Gasteiger partial charge < -0.3 is 18.9 Å². The molecular formula is C30H48O6. The second-order valence-corrected chi connectivity index (χ2v) is 12.3. The van der Waals surface area contributed by atoms with Gasteiger partial charge >= 0.3 is 11.9 Å². The molecule has 7 atom stereocenters. The summed E-state index contributed by atoms with van der Waals surface area (Å²) >= 11 is 0. The summed E-state index contributed by atoms with van der Waals surface area (Å²) in [7, 11) is 1.63. The Labute approximate surface area is 217 Å². The first kappa shape index (κ1) is 27.6. The van der Waals surface area contributed by atoms with Gasteiger partial charge in [0.25, 0.3) is 0 Å². The maximum Gasteiger partial charge on any atom is 0.315 e. The van der Waals surface area contributed by atoms with Gasteiger partial charge in [-0.25, -0.2) is 0 Å². The summed E-state index contributed by atoms with van der Waals surface area (Å²) in [5.74, 6) is 1.11. The maximum atomic E-state index is 13.4. The molecule has 2 saturated carbocycles. The number of carbonyl (C=O) groups is 2.